The normalized spacial score (nSPS) is 20.2. The first-order valence-electron chi connectivity index (χ1n) is 8.36. The van der Waals surface area contributed by atoms with Crippen molar-refractivity contribution in [3.63, 3.8) is 0 Å². The van der Waals surface area contributed by atoms with Crippen molar-refractivity contribution < 1.29 is 19.2 Å². The Hall–Kier alpha value is -2.08. The van der Waals surface area contributed by atoms with Gasteiger partial charge >= 0.3 is 6.09 Å². The first kappa shape index (κ1) is 18.3. The summed E-state index contributed by atoms with van der Waals surface area (Å²) in [6, 6.07) is 9.59. The number of rotatable bonds is 6. The summed E-state index contributed by atoms with van der Waals surface area (Å²) in [6.07, 6.45) is 3.12. The van der Waals surface area contributed by atoms with E-state index in [4.69, 9.17) is 9.57 Å². The topological polar surface area (TPSA) is 67.9 Å². The molecule has 24 heavy (non-hydrogen) atoms. The standard InChI is InChI=1S/C18H26N2O4/c1-20(23-2)17(21)16-10-8-14(9-11-16)12-19-18(22)24-13-15-6-4-3-5-7-15/h3-7,14,16H,8-13H2,1-2H3,(H,19,22). The predicted octanol–water partition coefficient (Wildman–Crippen LogP) is 2.74. The molecule has 1 aliphatic rings. The molecule has 1 N–H and O–H groups in total. The number of hydrogen-bond donors (Lipinski definition) is 1. The number of alkyl carbamates (subject to hydrolysis) is 1. The van der Waals surface area contributed by atoms with Crippen LogP contribution in [0.25, 0.3) is 0 Å². The maximum absolute atomic E-state index is 12.0. The third-order valence-electron chi connectivity index (χ3n) is 4.53. The number of carbonyl (C=O) groups excluding carboxylic acids is 2. The zero-order valence-corrected chi connectivity index (χ0v) is 14.4. The van der Waals surface area contributed by atoms with E-state index in [1.165, 1.54) is 12.2 Å². The highest BCUT2D eigenvalue weighted by atomic mass is 16.7. The average molecular weight is 334 g/mol. The largest absolute Gasteiger partial charge is 0.445 e. The van der Waals surface area contributed by atoms with Crippen LogP contribution in [0.2, 0.25) is 0 Å². The Morgan fingerprint density at radius 1 is 1.17 bits per heavy atom. The van der Waals surface area contributed by atoms with Crippen LogP contribution < -0.4 is 5.32 Å². The Morgan fingerprint density at radius 2 is 1.83 bits per heavy atom. The summed E-state index contributed by atoms with van der Waals surface area (Å²) in [5, 5.41) is 4.12. The van der Waals surface area contributed by atoms with Crippen LogP contribution in [0.4, 0.5) is 4.79 Å². The van der Waals surface area contributed by atoms with Gasteiger partial charge in [-0.25, -0.2) is 9.86 Å². The summed E-state index contributed by atoms with van der Waals surface area (Å²) >= 11 is 0. The number of nitrogens with zero attached hydrogens (tertiary/aromatic N) is 1. The van der Waals surface area contributed by atoms with Crippen LogP contribution in [0.3, 0.4) is 0 Å². The van der Waals surface area contributed by atoms with E-state index in [-0.39, 0.29) is 18.4 Å². The molecular formula is C18H26N2O4. The van der Waals surface area contributed by atoms with Crippen molar-refractivity contribution in [3.8, 4) is 0 Å². The highest BCUT2D eigenvalue weighted by Crippen LogP contribution is 2.29. The van der Waals surface area contributed by atoms with Gasteiger partial charge in [0.25, 0.3) is 0 Å². The van der Waals surface area contributed by atoms with E-state index in [1.807, 2.05) is 30.3 Å². The Bertz CT molecular complexity index is 527. The van der Waals surface area contributed by atoms with Gasteiger partial charge in [0.15, 0.2) is 0 Å². The molecule has 6 heteroatoms. The predicted molar refractivity (Wildman–Crippen MR) is 89.9 cm³/mol. The molecule has 0 aromatic heterocycles. The highest BCUT2D eigenvalue weighted by Gasteiger charge is 2.28. The molecule has 0 radical (unpaired) electrons. The Balaban J connectivity index is 1.63. The van der Waals surface area contributed by atoms with Crippen molar-refractivity contribution in [2.45, 2.75) is 32.3 Å². The van der Waals surface area contributed by atoms with E-state index in [0.29, 0.717) is 12.5 Å². The van der Waals surface area contributed by atoms with Gasteiger partial charge in [-0.15, -0.1) is 0 Å². The molecule has 1 aliphatic carbocycles. The van der Waals surface area contributed by atoms with Crippen molar-refractivity contribution in [2.24, 2.45) is 11.8 Å². The van der Waals surface area contributed by atoms with Gasteiger partial charge in [0.1, 0.15) is 6.61 Å². The van der Waals surface area contributed by atoms with Gasteiger partial charge in [-0.1, -0.05) is 30.3 Å². The van der Waals surface area contributed by atoms with E-state index in [1.54, 1.807) is 7.05 Å². The summed E-state index contributed by atoms with van der Waals surface area (Å²) in [6.45, 7) is 0.867. The fourth-order valence-electron chi connectivity index (χ4n) is 2.96. The number of benzene rings is 1. The lowest BCUT2D eigenvalue weighted by molar-refractivity contribution is -0.174. The molecule has 132 valence electrons. The van der Waals surface area contributed by atoms with Gasteiger partial charge in [0.05, 0.1) is 7.11 Å². The van der Waals surface area contributed by atoms with Crippen LogP contribution >= 0.6 is 0 Å². The third-order valence-corrected chi connectivity index (χ3v) is 4.53. The second kappa shape index (κ2) is 9.27. The Labute approximate surface area is 143 Å². The molecule has 0 atom stereocenters. The molecule has 0 saturated heterocycles. The van der Waals surface area contributed by atoms with Crippen LogP contribution in [-0.4, -0.2) is 37.8 Å². The van der Waals surface area contributed by atoms with E-state index in [9.17, 15) is 9.59 Å². The lowest BCUT2D eigenvalue weighted by Gasteiger charge is -2.29. The van der Waals surface area contributed by atoms with Gasteiger partial charge < -0.3 is 10.1 Å². The molecule has 1 fully saturated rings. The number of ether oxygens (including phenoxy) is 1. The molecule has 0 spiro atoms. The summed E-state index contributed by atoms with van der Waals surface area (Å²) in [7, 11) is 3.13. The van der Waals surface area contributed by atoms with Crippen LogP contribution in [0, 0.1) is 11.8 Å². The van der Waals surface area contributed by atoms with Gasteiger partial charge in [-0.05, 0) is 37.2 Å². The second-order valence-corrected chi connectivity index (χ2v) is 6.18. The van der Waals surface area contributed by atoms with Crippen LogP contribution in [0.5, 0.6) is 0 Å². The van der Waals surface area contributed by atoms with Gasteiger partial charge in [0.2, 0.25) is 5.91 Å². The monoisotopic (exact) mass is 334 g/mol. The van der Waals surface area contributed by atoms with E-state index < -0.39 is 6.09 Å². The van der Waals surface area contributed by atoms with Crippen molar-refractivity contribution in [3.05, 3.63) is 35.9 Å². The summed E-state index contributed by atoms with van der Waals surface area (Å²) in [5.41, 5.74) is 0.967. The van der Waals surface area contributed by atoms with Gasteiger partial charge in [-0.3, -0.25) is 9.63 Å². The zero-order chi connectivity index (χ0) is 17.4. The minimum atomic E-state index is -0.392. The molecule has 0 aliphatic heterocycles. The minimum Gasteiger partial charge on any atom is -0.445 e. The van der Waals surface area contributed by atoms with Crippen molar-refractivity contribution in [1.82, 2.24) is 10.4 Å². The number of carbonyl (C=O) groups is 2. The van der Waals surface area contributed by atoms with Crippen molar-refractivity contribution >= 4 is 12.0 Å². The number of hydrogen-bond acceptors (Lipinski definition) is 4. The minimum absolute atomic E-state index is 0.0243. The molecule has 1 aromatic rings. The Kier molecular flexibility index (Phi) is 7.06. The zero-order valence-electron chi connectivity index (χ0n) is 14.4. The lowest BCUT2D eigenvalue weighted by atomic mass is 9.81. The smallest absolute Gasteiger partial charge is 0.407 e. The fourth-order valence-corrected chi connectivity index (χ4v) is 2.96. The highest BCUT2D eigenvalue weighted by molar-refractivity contribution is 5.77. The molecule has 2 rings (SSSR count). The number of hydroxylamine groups is 2. The van der Waals surface area contributed by atoms with Crippen molar-refractivity contribution in [2.75, 3.05) is 20.7 Å². The first-order chi connectivity index (χ1) is 11.6. The van der Waals surface area contributed by atoms with Gasteiger partial charge in [-0.2, -0.15) is 0 Å². The molecule has 0 heterocycles. The second-order valence-electron chi connectivity index (χ2n) is 6.18. The van der Waals surface area contributed by atoms with Crippen molar-refractivity contribution in [1.29, 1.82) is 0 Å². The maximum Gasteiger partial charge on any atom is 0.407 e. The molecule has 6 nitrogen and oxygen atoms in total. The molecule has 2 amide bonds. The Morgan fingerprint density at radius 3 is 2.46 bits per heavy atom. The summed E-state index contributed by atoms with van der Waals surface area (Å²) in [4.78, 5) is 28.7. The third kappa shape index (κ3) is 5.53. The SMILES string of the molecule is CON(C)C(=O)C1CCC(CNC(=O)OCc2ccccc2)CC1. The average Bonchev–Trinajstić information content (AvgIpc) is 2.64. The lowest BCUT2D eigenvalue weighted by Crippen LogP contribution is -2.36. The quantitative estimate of drug-likeness (QED) is 0.812. The molecular weight excluding hydrogens is 308 g/mol. The van der Waals surface area contributed by atoms with E-state index >= 15 is 0 Å². The number of amides is 2. The summed E-state index contributed by atoms with van der Waals surface area (Å²) < 4.78 is 5.20. The molecule has 0 bridgehead atoms. The molecule has 0 unspecified atom stereocenters. The van der Waals surface area contributed by atoms with E-state index in [2.05, 4.69) is 5.32 Å². The first-order valence-corrected chi connectivity index (χ1v) is 8.36. The van der Waals surface area contributed by atoms with Crippen LogP contribution in [0.1, 0.15) is 31.2 Å². The maximum atomic E-state index is 12.0. The van der Waals surface area contributed by atoms with E-state index in [0.717, 1.165) is 31.2 Å². The van der Waals surface area contributed by atoms with Crippen LogP contribution in [0.15, 0.2) is 30.3 Å². The summed E-state index contributed by atoms with van der Waals surface area (Å²) in [5.74, 6) is 0.452. The number of nitrogens with one attached hydrogen (secondary N) is 1. The fraction of sp³-hybridized carbons (Fsp3) is 0.556. The van der Waals surface area contributed by atoms with Gasteiger partial charge in [0, 0.05) is 19.5 Å². The molecule has 1 aromatic carbocycles. The molecule has 1 saturated carbocycles. The van der Waals surface area contributed by atoms with Crippen LogP contribution in [-0.2, 0) is 21.0 Å².